The van der Waals surface area contributed by atoms with Gasteiger partial charge in [0.25, 0.3) is 0 Å². The Morgan fingerprint density at radius 1 is 1.50 bits per heavy atom. The average molecular weight is 132 g/mol. The number of aliphatic carboxylic acids is 1. The van der Waals surface area contributed by atoms with E-state index in [1.165, 1.54) is 0 Å². The number of hydrogen-bond donors (Lipinski definition) is 1. The normalized spacial score (nSPS) is 7.00. The monoisotopic (exact) mass is 132 g/mol. The van der Waals surface area contributed by atoms with Gasteiger partial charge in [-0.2, -0.15) is 0 Å². The third-order valence-corrected chi connectivity index (χ3v) is 0.640. The summed E-state index contributed by atoms with van der Waals surface area (Å²) in [6, 6.07) is 0. The summed E-state index contributed by atoms with van der Waals surface area (Å²) in [4.78, 5) is 19.2. The predicted molar refractivity (Wildman–Crippen MR) is 20.2 cm³/mol. The SMILES string of the molecule is [O]=[Al][O]C(=O)C(=O)O. The van der Waals surface area contributed by atoms with Gasteiger partial charge in [0.15, 0.2) is 0 Å². The second kappa shape index (κ2) is 3.30. The van der Waals surface area contributed by atoms with Gasteiger partial charge in [-0.05, 0) is 0 Å². The van der Waals surface area contributed by atoms with Gasteiger partial charge in [-0.15, -0.1) is 0 Å². The van der Waals surface area contributed by atoms with Crippen LogP contribution >= 0.6 is 0 Å². The number of carboxylic acids is 1. The van der Waals surface area contributed by atoms with Gasteiger partial charge < -0.3 is 0 Å². The van der Waals surface area contributed by atoms with Crippen molar-refractivity contribution in [2.45, 2.75) is 0 Å². The van der Waals surface area contributed by atoms with Crippen molar-refractivity contribution in [3.63, 3.8) is 0 Å². The van der Waals surface area contributed by atoms with E-state index in [0.29, 0.717) is 0 Å². The molecule has 0 aliphatic heterocycles. The van der Waals surface area contributed by atoms with E-state index in [2.05, 4.69) is 3.79 Å². The number of carbonyl (C=O) groups excluding carboxylic acids is 1. The first-order valence-corrected chi connectivity index (χ1v) is 2.50. The molecule has 1 N–H and O–H groups in total. The first-order chi connectivity index (χ1) is 3.68. The van der Waals surface area contributed by atoms with Crippen molar-refractivity contribution in [2.24, 2.45) is 0 Å². The van der Waals surface area contributed by atoms with E-state index in [1.807, 2.05) is 0 Å². The van der Waals surface area contributed by atoms with Crippen LogP contribution < -0.4 is 0 Å². The van der Waals surface area contributed by atoms with Gasteiger partial charge in [0, 0.05) is 0 Å². The summed E-state index contributed by atoms with van der Waals surface area (Å²) in [5.74, 6) is -3.21. The Bertz CT molecular complexity index is 128. The zero-order valence-electron chi connectivity index (χ0n) is 3.66. The third kappa shape index (κ3) is 2.45. The third-order valence-electron chi connectivity index (χ3n) is 0.330. The molecule has 6 heteroatoms. The van der Waals surface area contributed by atoms with Crippen LogP contribution in [0.4, 0.5) is 0 Å². The molecular weight excluding hydrogens is 131 g/mol. The van der Waals surface area contributed by atoms with Crippen LogP contribution in [0.5, 0.6) is 0 Å². The molecule has 0 unspecified atom stereocenters. The first kappa shape index (κ1) is 7.27. The molecule has 0 spiro atoms. The molecule has 0 fully saturated rings. The van der Waals surface area contributed by atoms with Crippen molar-refractivity contribution in [1.29, 1.82) is 0 Å². The number of carboxylic acid groups (broad SMARTS) is 1. The second-order valence-corrected chi connectivity index (χ2v) is 1.23. The van der Waals surface area contributed by atoms with Gasteiger partial charge in [-0.1, -0.05) is 0 Å². The van der Waals surface area contributed by atoms with Crippen molar-refractivity contribution < 1.29 is 22.3 Å². The molecule has 0 amide bonds. The molecule has 0 bridgehead atoms. The molecule has 0 aliphatic rings. The van der Waals surface area contributed by atoms with E-state index in [-0.39, 0.29) is 0 Å². The summed E-state index contributed by atoms with van der Waals surface area (Å²) >= 11 is -1.75. The predicted octanol–water partition coefficient (Wildman–Crippen LogP) is -1.42. The fourth-order valence-electron chi connectivity index (χ4n) is 0.0941. The van der Waals surface area contributed by atoms with Gasteiger partial charge >= 0.3 is 49.7 Å². The van der Waals surface area contributed by atoms with Crippen LogP contribution in [0.1, 0.15) is 0 Å². The van der Waals surface area contributed by atoms with E-state index in [4.69, 9.17) is 5.11 Å². The molecule has 0 saturated carbocycles. The van der Waals surface area contributed by atoms with Gasteiger partial charge in [0.1, 0.15) is 0 Å². The fraction of sp³-hybridized carbons (Fsp3) is 0. The summed E-state index contributed by atoms with van der Waals surface area (Å²) < 4.78 is 13.0. The van der Waals surface area contributed by atoms with Crippen LogP contribution in [0.3, 0.4) is 0 Å². The average Bonchev–Trinajstić information content (AvgIpc) is 1.67. The van der Waals surface area contributed by atoms with E-state index in [9.17, 15) is 13.4 Å². The number of carbonyl (C=O) groups is 2. The summed E-state index contributed by atoms with van der Waals surface area (Å²) in [6.45, 7) is 0. The van der Waals surface area contributed by atoms with E-state index in [1.54, 1.807) is 0 Å². The Kier molecular flexibility index (Phi) is 3.00. The number of hydrogen-bond acceptors (Lipinski definition) is 4. The van der Waals surface area contributed by atoms with Crippen molar-refractivity contribution in [3.8, 4) is 0 Å². The first-order valence-electron chi connectivity index (χ1n) is 1.56. The fourth-order valence-corrected chi connectivity index (χ4v) is 0.282. The molecule has 0 rings (SSSR count). The Morgan fingerprint density at radius 2 is 2.00 bits per heavy atom. The van der Waals surface area contributed by atoms with Crippen LogP contribution in [0.15, 0.2) is 0 Å². The topological polar surface area (TPSA) is 80.7 Å². The molecule has 0 atom stereocenters. The Labute approximate surface area is 50.5 Å². The standard InChI is InChI=1S/C2H2O4.Al.O/c3-1(4)2(5)6;;/h(H,3,4)(H,5,6);;/q;+1;/p-1. The molecule has 0 aromatic heterocycles. The number of rotatable bonds is 1. The van der Waals surface area contributed by atoms with Crippen LogP contribution in [0.25, 0.3) is 0 Å². The van der Waals surface area contributed by atoms with Crippen LogP contribution in [-0.4, -0.2) is 32.5 Å². The molecule has 5 nitrogen and oxygen atoms in total. The minimum atomic E-state index is -1.75. The van der Waals surface area contributed by atoms with Crippen molar-refractivity contribution in [2.75, 3.05) is 0 Å². The molecule has 0 radical (unpaired) electrons. The maximum absolute atomic E-state index is 9.74. The van der Waals surface area contributed by atoms with Crippen molar-refractivity contribution in [1.82, 2.24) is 0 Å². The molecule has 0 heterocycles. The minimum absolute atomic E-state index is 1.48. The van der Waals surface area contributed by atoms with Gasteiger partial charge in [0.05, 0.1) is 0 Å². The summed E-state index contributed by atoms with van der Waals surface area (Å²) in [5, 5.41) is 7.71. The molecular formula is C2HAlO5. The quantitative estimate of drug-likeness (QED) is 0.349. The maximum atomic E-state index is 9.74. The summed E-state index contributed by atoms with van der Waals surface area (Å²) in [5.41, 5.74) is 0. The van der Waals surface area contributed by atoms with Gasteiger partial charge in [-0.3, -0.25) is 0 Å². The molecule has 8 heavy (non-hydrogen) atoms. The molecule has 42 valence electrons. The van der Waals surface area contributed by atoms with Crippen molar-refractivity contribution in [3.05, 3.63) is 0 Å². The van der Waals surface area contributed by atoms with E-state index >= 15 is 0 Å². The van der Waals surface area contributed by atoms with Crippen LogP contribution in [0.2, 0.25) is 0 Å². The second-order valence-electron chi connectivity index (χ2n) is 0.807. The molecule has 0 aromatic carbocycles. The zero-order valence-corrected chi connectivity index (χ0v) is 4.81. The molecule has 0 aliphatic carbocycles. The van der Waals surface area contributed by atoms with Crippen molar-refractivity contribution >= 4 is 27.4 Å². The van der Waals surface area contributed by atoms with E-state index in [0.717, 1.165) is 0 Å². The van der Waals surface area contributed by atoms with Crippen LogP contribution in [-0.2, 0) is 17.2 Å². The van der Waals surface area contributed by atoms with E-state index < -0.39 is 27.4 Å². The Hall–Kier alpha value is -0.728. The zero-order chi connectivity index (χ0) is 6.57. The molecule has 0 saturated heterocycles. The Morgan fingerprint density at radius 3 is 2.12 bits per heavy atom. The Balaban J connectivity index is 3.65. The summed E-state index contributed by atoms with van der Waals surface area (Å²) in [6.07, 6.45) is 0. The van der Waals surface area contributed by atoms with Gasteiger partial charge in [0.2, 0.25) is 0 Å². The molecule has 0 aromatic rings. The van der Waals surface area contributed by atoms with Gasteiger partial charge in [-0.25, -0.2) is 0 Å². The summed E-state index contributed by atoms with van der Waals surface area (Å²) in [7, 11) is 0. The van der Waals surface area contributed by atoms with Crippen LogP contribution in [0, 0.1) is 0 Å².